The molecule has 7 nitrogen and oxygen atoms in total. The lowest BCUT2D eigenvalue weighted by Gasteiger charge is -2.32. The third kappa shape index (κ3) is 3.82. The van der Waals surface area contributed by atoms with Gasteiger partial charge in [0.1, 0.15) is 0 Å². The molecular formula is C13H25N5O2S. The van der Waals surface area contributed by atoms with E-state index in [1.807, 2.05) is 0 Å². The minimum atomic E-state index is -3.46. The maximum absolute atomic E-state index is 12.7. The summed E-state index contributed by atoms with van der Waals surface area (Å²) < 4.78 is 27.0. The van der Waals surface area contributed by atoms with Gasteiger partial charge in [0.05, 0.1) is 6.20 Å². The van der Waals surface area contributed by atoms with E-state index in [9.17, 15) is 8.42 Å². The molecular weight excluding hydrogens is 290 g/mol. The summed E-state index contributed by atoms with van der Waals surface area (Å²) in [6, 6.07) is 0. The lowest BCUT2D eigenvalue weighted by molar-refractivity contribution is 0.224. The fourth-order valence-electron chi connectivity index (χ4n) is 2.82. The zero-order valence-corrected chi connectivity index (χ0v) is 13.8. The molecule has 0 unspecified atom stereocenters. The van der Waals surface area contributed by atoms with Crippen LogP contribution < -0.4 is 5.32 Å². The molecule has 21 heavy (non-hydrogen) atoms. The summed E-state index contributed by atoms with van der Waals surface area (Å²) in [4.78, 5) is 2.16. The quantitative estimate of drug-likeness (QED) is 0.778. The summed E-state index contributed by atoms with van der Waals surface area (Å²) in [6.07, 6.45) is 3.39. The van der Waals surface area contributed by atoms with Crippen molar-refractivity contribution in [1.29, 1.82) is 0 Å². The molecule has 1 fully saturated rings. The Bertz CT molecular complexity index is 547. The smallest absolute Gasteiger partial charge is 0.260 e. The van der Waals surface area contributed by atoms with E-state index in [4.69, 9.17) is 0 Å². The van der Waals surface area contributed by atoms with Crippen LogP contribution in [0.3, 0.4) is 0 Å². The van der Waals surface area contributed by atoms with E-state index in [-0.39, 0.29) is 5.03 Å². The van der Waals surface area contributed by atoms with Gasteiger partial charge in [-0.25, -0.2) is 8.42 Å². The maximum atomic E-state index is 12.7. The molecule has 0 radical (unpaired) electrons. The normalized spacial score (nSPS) is 18.5. The van der Waals surface area contributed by atoms with Crippen molar-refractivity contribution in [2.75, 3.05) is 40.8 Å². The van der Waals surface area contributed by atoms with Gasteiger partial charge in [-0.2, -0.15) is 9.40 Å². The van der Waals surface area contributed by atoms with E-state index in [1.165, 1.54) is 0 Å². The Labute approximate surface area is 126 Å². The van der Waals surface area contributed by atoms with Gasteiger partial charge in [0.15, 0.2) is 5.03 Å². The second-order valence-corrected chi connectivity index (χ2v) is 7.74. The summed E-state index contributed by atoms with van der Waals surface area (Å²) in [6.45, 7) is 2.67. The monoisotopic (exact) mass is 315 g/mol. The second kappa shape index (κ2) is 6.87. The van der Waals surface area contributed by atoms with Gasteiger partial charge in [-0.15, -0.1) is 0 Å². The molecule has 1 aromatic heterocycles. The fraction of sp³-hybridized carbons (Fsp3) is 0.769. The van der Waals surface area contributed by atoms with E-state index in [0.717, 1.165) is 19.4 Å². The number of sulfonamides is 1. The van der Waals surface area contributed by atoms with Crippen LogP contribution >= 0.6 is 0 Å². The number of H-pyrrole nitrogens is 1. The van der Waals surface area contributed by atoms with Gasteiger partial charge in [0.25, 0.3) is 10.0 Å². The second-order valence-electron chi connectivity index (χ2n) is 5.86. The van der Waals surface area contributed by atoms with Gasteiger partial charge in [-0.3, -0.25) is 5.10 Å². The standard InChI is InChI=1S/C13H25N5O2S/c1-14-8-12-9-15-16-13(12)21(19,20)18-6-4-11(5-7-18)10-17(2)3/h9,11,14H,4-8,10H2,1-3H3,(H,15,16). The molecule has 0 saturated carbocycles. The lowest BCUT2D eigenvalue weighted by atomic mass is 9.98. The van der Waals surface area contributed by atoms with Gasteiger partial charge in [-0.05, 0) is 39.9 Å². The van der Waals surface area contributed by atoms with Crippen LogP contribution in [0, 0.1) is 5.92 Å². The summed E-state index contributed by atoms with van der Waals surface area (Å²) in [7, 11) is 2.43. The van der Waals surface area contributed by atoms with Crippen molar-refractivity contribution in [1.82, 2.24) is 24.7 Å². The molecule has 1 aliphatic heterocycles. The Kier molecular flexibility index (Phi) is 5.37. The summed E-state index contributed by atoms with van der Waals surface area (Å²) in [5.74, 6) is 0.574. The van der Waals surface area contributed by atoms with Crippen LogP contribution in [-0.2, 0) is 16.6 Å². The zero-order valence-electron chi connectivity index (χ0n) is 13.0. The molecule has 0 amide bonds. The number of nitrogens with one attached hydrogen (secondary N) is 2. The molecule has 1 saturated heterocycles. The van der Waals surface area contributed by atoms with Crippen LogP contribution in [0.1, 0.15) is 18.4 Å². The molecule has 8 heteroatoms. The molecule has 1 aliphatic rings. The first kappa shape index (κ1) is 16.4. The van der Waals surface area contributed by atoms with Gasteiger partial charge in [0.2, 0.25) is 0 Å². The highest BCUT2D eigenvalue weighted by atomic mass is 32.2. The van der Waals surface area contributed by atoms with Gasteiger partial charge < -0.3 is 10.2 Å². The van der Waals surface area contributed by atoms with Gasteiger partial charge in [-0.1, -0.05) is 0 Å². The molecule has 1 aromatic rings. The van der Waals surface area contributed by atoms with E-state index < -0.39 is 10.0 Å². The van der Waals surface area contributed by atoms with Crippen LogP contribution in [0.15, 0.2) is 11.2 Å². The van der Waals surface area contributed by atoms with E-state index in [0.29, 0.717) is 31.1 Å². The van der Waals surface area contributed by atoms with Crippen molar-refractivity contribution in [3.05, 3.63) is 11.8 Å². The molecule has 0 atom stereocenters. The Morgan fingerprint density at radius 1 is 1.43 bits per heavy atom. The number of nitrogens with zero attached hydrogens (tertiary/aromatic N) is 3. The van der Waals surface area contributed by atoms with E-state index in [1.54, 1.807) is 17.5 Å². The first-order valence-electron chi connectivity index (χ1n) is 7.27. The van der Waals surface area contributed by atoms with Crippen LogP contribution in [0.5, 0.6) is 0 Å². The third-order valence-corrected chi connectivity index (χ3v) is 5.75. The highest BCUT2D eigenvalue weighted by molar-refractivity contribution is 7.89. The number of hydrogen-bond acceptors (Lipinski definition) is 5. The Hall–Kier alpha value is -0.960. The summed E-state index contributed by atoms with van der Waals surface area (Å²) in [5.41, 5.74) is 0.688. The summed E-state index contributed by atoms with van der Waals surface area (Å²) >= 11 is 0. The lowest BCUT2D eigenvalue weighted by Crippen LogP contribution is -2.41. The minimum Gasteiger partial charge on any atom is -0.316 e. The zero-order chi connectivity index (χ0) is 15.5. The number of hydrogen-bond donors (Lipinski definition) is 2. The highest BCUT2D eigenvalue weighted by Gasteiger charge is 2.32. The molecule has 120 valence electrons. The van der Waals surface area contributed by atoms with Crippen molar-refractivity contribution >= 4 is 10.0 Å². The highest BCUT2D eigenvalue weighted by Crippen LogP contribution is 2.24. The predicted octanol–water partition coefficient (Wildman–Crippen LogP) is 0.0914. The summed E-state index contributed by atoms with van der Waals surface area (Å²) in [5, 5.41) is 9.71. The molecule has 0 bridgehead atoms. The van der Waals surface area contributed by atoms with Crippen molar-refractivity contribution in [2.24, 2.45) is 5.92 Å². The largest absolute Gasteiger partial charge is 0.316 e. The molecule has 2 rings (SSSR count). The predicted molar refractivity (Wildman–Crippen MR) is 81.4 cm³/mol. The van der Waals surface area contributed by atoms with Crippen LogP contribution in [0.2, 0.25) is 0 Å². The van der Waals surface area contributed by atoms with Gasteiger partial charge in [0, 0.05) is 31.7 Å². The van der Waals surface area contributed by atoms with E-state index in [2.05, 4.69) is 34.5 Å². The first-order chi connectivity index (χ1) is 9.95. The van der Waals surface area contributed by atoms with Crippen LogP contribution in [0.25, 0.3) is 0 Å². The average molecular weight is 315 g/mol. The van der Waals surface area contributed by atoms with Gasteiger partial charge >= 0.3 is 0 Å². The maximum Gasteiger partial charge on any atom is 0.260 e. The Morgan fingerprint density at radius 2 is 2.10 bits per heavy atom. The molecule has 0 aliphatic carbocycles. The number of aromatic nitrogens is 2. The molecule has 0 spiro atoms. The molecule has 2 N–H and O–H groups in total. The number of aromatic amines is 1. The topological polar surface area (TPSA) is 81.3 Å². The third-order valence-electron chi connectivity index (χ3n) is 3.84. The van der Waals surface area contributed by atoms with Crippen molar-refractivity contribution in [2.45, 2.75) is 24.4 Å². The molecule has 0 aromatic carbocycles. The average Bonchev–Trinajstić information content (AvgIpc) is 2.88. The van der Waals surface area contributed by atoms with Crippen LogP contribution in [0.4, 0.5) is 0 Å². The SMILES string of the molecule is CNCc1cn[nH]c1S(=O)(=O)N1CCC(CN(C)C)CC1. The number of rotatable bonds is 6. The number of piperidine rings is 1. The minimum absolute atomic E-state index is 0.225. The van der Waals surface area contributed by atoms with Crippen molar-refractivity contribution in [3.63, 3.8) is 0 Å². The van der Waals surface area contributed by atoms with Crippen molar-refractivity contribution < 1.29 is 8.42 Å². The Balaban J connectivity index is 2.06. The molecule has 2 heterocycles. The Morgan fingerprint density at radius 3 is 2.67 bits per heavy atom. The van der Waals surface area contributed by atoms with Crippen molar-refractivity contribution in [3.8, 4) is 0 Å². The fourth-order valence-corrected chi connectivity index (χ4v) is 4.39. The first-order valence-corrected chi connectivity index (χ1v) is 8.71. The van der Waals surface area contributed by atoms with Crippen LogP contribution in [-0.4, -0.2) is 68.6 Å². The van der Waals surface area contributed by atoms with E-state index >= 15 is 0 Å².